The van der Waals surface area contributed by atoms with Gasteiger partial charge in [-0.05, 0) is 31.0 Å². The van der Waals surface area contributed by atoms with Crippen LogP contribution in [0.15, 0.2) is 30.4 Å². The number of hydrogen-bond acceptors (Lipinski definition) is 3. The Morgan fingerprint density at radius 3 is 2.57 bits per heavy atom. The van der Waals surface area contributed by atoms with Crippen molar-refractivity contribution < 1.29 is 14.7 Å². The number of nitrogens with zero attached hydrogens (tertiary/aromatic N) is 1. The van der Waals surface area contributed by atoms with Crippen molar-refractivity contribution in [3.05, 3.63) is 40.9 Å². The zero-order valence-corrected chi connectivity index (χ0v) is 11.8. The number of hydrogen-bond donors (Lipinski definition) is 2. The second-order valence-electron chi connectivity index (χ2n) is 4.78. The Bertz CT molecular complexity index is 649. The van der Waals surface area contributed by atoms with Crippen molar-refractivity contribution in [1.82, 2.24) is 0 Å². The number of carbonyl (C=O) groups excluding carboxylic acids is 1. The van der Waals surface area contributed by atoms with Crippen molar-refractivity contribution in [2.24, 2.45) is 11.8 Å². The molecule has 1 aromatic carbocycles. The molecule has 0 saturated heterocycles. The molecule has 2 N–H and O–H groups in total. The van der Waals surface area contributed by atoms with Gasteiger partial charge in [-0.1, -0.05) is 23.8 Å². The van der Waals surface area contributed by atoms with Gasteiger partial charge < -0.3 is 10.4 Å². The first-order valence-electron chi connectivity index (χ1n) is 6.41. The summed E-state index contributed by atoms with van der Waals surface area (Å²) in [6.45, 7) is 0. The zero-order valence-electron chi connectivity index (χ0n) is 11.0. The predicted octanol–water partition coefficient (Wildman–Crippen LogP) is 2.82. The molecule has 1 aliphatic rings. The van der Waals surface area contributed by atoms with Crippen LogP contribution < -0.4 is 5.32 Å². The van der Waals surface area contributed by atoms with E-state index in [1.54, 1.807) is 18.2 Å². The van der Waals surface area contributed by atoms with Gasteiger partial charge in [-0.3, -0.25) is 9.59 Å². The number of carbonyl (C=O) groups is 2. The quantitative estimate of drug-likeness (QED) is 0.840. The zero-order chi connectivity index (χ0) is 15.4. The van der Waals surface area contributed by atoms with E-state index in [1.165, 1.54) is 12.1 Å². The van der Waals surface area contributed by atoms with E-state index >= 15 is 0 Å². The van der Waals surface area contributed by atoms with Gasteiger partial charge in [0.15, 0.2) is 0 Å². The minimum Gasteiger partial charge on any atom is -0.481 e. The number of nitrogens with one attached hydrogen (secondary N) is 1. The summed E-state index contributed by atoms with van der Waals surface area (Å²) in [6.07, 6.45) is 4.26. The van der Waals surface area contributed by atoms with Crippen molar-refractivity contribution in [2.45, 2.75) is 12.8 Å². The highest BCUT2D eigenvalue weighted by atomic mass is 35.5. The van der Waals surface area contributed by atoms with Crippen LogP contribution in [0.5, 0.6) is 0 Å². The van der Waals surface area contributed by atoms with Crippen LogP contribution in [0.1, 0.15) is 18.4 Å². The molecule has 5 nitrogen and oxygen atoms in total. The highest BCUT2D eigenvalue weighted by Gasteiger charge is 2.34. The standard InChI is InChI=1S/C15H13ClN2O3/c16-10-6-5-9(8-17)13(7-10)18-14(19)11-3-1-2-4-12(11)15(20)21/h1-2,5-7,11-12H,3-4H2,(H,18,19)(H,20,21)/t11-,12+/m1/s1. The van der Waals surface area contributed by atoms with Crippen molar-refractivity contribution in [3.63, 3.8) is 0 Å². The van der Waals surface area contributed by atoms with Crippen LogP contribution >= 0.6 is 11.6 Å². The number of halogens is 1. The molecule has 1 aliphatic carbocycles. The van der Waals surface area contributed by atoms with Crippen molar-refractivity contribution in [1.29, 1.82) is 5.26 Å². The Hall–Kier alpha value is -2.32. The van der Waals surface area contributed by atoms with E-state index in [0.717, 1.165) is 0 Å². The molecule has 21 heavy (non-hydrogen) atoms. The van der Waals surface area contributed by atoms with Crippen LogP contribution in [-0.4, -0.2) is 17.0 Å². The van der Waals surface area contributed by atoms with Crippen LogP contribution in [0, 0.1) is 23.2 Å². The number of benzene rings is 1. The van der Waals surface area contributed by atoms with Crippen LogP contribution in [0.3, 0.4) is 0 Å². The first-order valence-corrected chi connectivity index (χ1v) is 6.79. The minimum atomic E-state index is -0.994. The molecule has 0 heterocycles. The summed E-state index contributed by atoms with van der Waals surface area (Å²) in [5, 5.41) is 21.2. The van der Waals surface area contributed by atoms with Gasteiger partial charge in [0, 0.05) is 5.02 Å². The van der Waals surface area contributed by atoms with E-state index in [1.807, 2.05) is 6.07 Å². The summed E-state index contributed by atoms with van der Waals surface area (Å²) in [7, 11) is 0. The van der Waals surface area contributed by atoms with E-state index in [0.29, 0.717) is 23.6 Å². The number of allylic oxidation sites excluding steroid dienone is 2. The molecule has 0 saturated carbocycles. The largest absolute Gasteiger partial charge is 0.481 e. The molecule has 6 heteroatoms. The van der Waals surface area contributed by atoms with E-state index in [-0.39, 0.29) is 5.56 Å². The first kappa shape index (κ1) is 15.1. The van der Waals surface area contributed by atoms with Gasteiger partial charge in [0.25, 0.3) is 0 Å². The monoisotopic (exact) mass is 304 g/mol. The number of nitriles is 1. The minimum absolute atomic E-state index is 0.283. The molecule has 0 radical (unpaired) electrons. The number of rotatable bonds is 3. The summed E-state index contributed by atoms with van der Waals surface area (Å²) < 4.78 is 0. The highest BCUT2D eigenvalue weighted by Crippen LogP contribution is 2.28. The van der Waals surface area contributed by atoms with Crippen LogP contribution in [0.25, 0.3) is 0 Å². The van der Waals surface area contributed by atoms with Crippen LogP contribution in [-0.2, 0) is 9.59 Å². The van der Waals surface area contributed by atoms with E-state index in [4.69, 9.17) is 16.9 Å². The molecule has 0 aliphatic heterocycles. The Balaban J connectivity index is 2.21. The summed E-state index contributed by atoms with van der Waals surface area (Å²) in [5.41, 5.74) is 0.583. The molecule has 1 aromatic rings. The summed E-state index contributed by atoms with van der Waals surface area (Å²) in [4.78, 5) is 23.5. The smallest absolute Gasteiger partial charge is 0.307 e. The molecular weight excluding hydrogens is 292 g/mol. The molecule has 108 valence electrons. The lowest BCUT2D eigenvalue weighted by molar-refractivity contribution is -0.146. The highest BCUT2D eigenvalue weighted by molar-refractivity contribution is 6.31. The van der Waals surface area contributed by atoms with Gasteiger partial charge in [-0.25, -0.2) is 0 Å². The van der Waals surface area contributed by atoms with E-state index in [2.05, 4.69) is 5.32 Å². The number of amides is 1. The second-order valence-corrected chi connectivity index (χ2v) is 5.22. The summed E-state index contributed by atoms with van der Waals surface area (Å²) >= 11 is 5.86. The summed E-state index contributed by atoms with van der Waals surface area (Å²) in [5.74, 6) is -2.81. The van der Waals surface area contributed by atoms with Crippen molar-refractivity contribution >= 4 is 29.2 Å². The van der Waals surface area contributed by atoms with Crippen molar-refractivity contribution in [3.8, 4) is 6.07 Å². The van der Waals surface area contributed by atoms with Gasteiger partial charge in [0.1, 0.15) is 6.07 Å². The normalized spacial score (nSPS) is 20.6. The third-order valence-electron chi connectivity index (χ3n) is 3.45. The fourth-order valence-corrected chi connectivity index (χ4v) is 2.49. The number of carboxylic acid groups (broad SMARTS) is 1. The molecule has 1 amide bonds. The van der Waals surface area contributed by atoms with Crippen LogP contribution in [0.4, 0.5) is 5.69 Å². The van der Waals surface area contributed by atoms with E-state index < -0.39 is 23.7 Å². The number of aliphatic carboxylic acids is 1. The van der Waals surface area contributed by atoms with E-state index in [9.17, 15) is 14.7 Å². The molecule has 2 atom stereocenters. The Morgan fingerprint density at radius 1 is 1.29 bits per heavy atom. The lowest BCUT2D eigenvalue weighted by atomic mass is 9.82. The van der Waals surface area contributed by atoms with Gasteiger partial charge in [0.2, 0.25) is 5.91 Å². The molecule has 0 fully saturated rings. The molecule has 0 bridgehead atoms. The molecule has 2 rings (SSSR count). The maximum Gasteiger partial charge on any atom is 0.307 e. The summed E-state index contributed by atoms with van der Waals surface area (Å²) in [6, 6.07) is 6.50. The number of anilines is 1. The fraction of sp³-hybridized carbons (Fsp3) is 0.267. The average Bonchev–Trinajstić information content (AvgIpc) is 2.47. The third kappa shape index (κ3) is 3.41. The average molecular weight is 305 g/mol. The topological polar surface area (TPSA) is 90.2 Å². The Kier molecular flexibility index (Phi) is 4.61. The predicted molar refractivity (Wildman–Crippen MR) is 77.8 cm³/mol. The van der Waals surface area contributed by atoms with Crippen LogP contribution in [0.2, 0.25) is 5.02 Å². The Morgan fingerprint density at radius 2 is 1.95 bits per heavy atom. The number of carboxylic acids is 1. The molecule has 0 unspecified atom stereocenters. The van der Waals surface area contributed by atoms with Gasteiger partial charge >= 0.3 is 5.97 Å². The molecular formula is C15H13ClN2O3. The Labute approximate surface area is 126 Å². The lowest BCUT2D eigenvalue weighted by Gasteiger charge is -2.24. The molecule has 0 spiro atoms. The SMILES string of the molecule is N#Cc1ccc(Cl)cc1NC(=O)[C@@H]1CC=CC[C@@H]1C(=O)O. The van der Waals surface area contributed by atoms with Crippen molar-refractivity contribution in [2.75, 3.05) is 5.32 Å². The van der Waals surface area contributed by atoms with Gasteiger partial charge in [-0.15, -0.1) is 0 Å². The molecule has 0 aromatic heterocycles. The lowest BCUT2D eigenvalue weighted by Crippen LogP contribution is -2.34. The maximum atomic E-state index is 12.3. The van der Waals surface area contributed by atoms with Gasteiger partial charge in [0.05, 0.1) is 23.1 Å². The van der Waals surface area contributed by atoms with Gasteiger partial charge in [-0.2, -0.15) is 5.26 Å². The second kappa shape index (κ2) is 6.42. The third-order valence-corrected chi connectivity index (χ3v) is 3.68. The fourth-order valence-electron chi connectivity index (χ4n) is 2.32. The maximum absolute atomic E-state index is 12.3. The first-order chi connectivity index (χ1) is 10.0.